The first-order valence-corrected chi connectivity index (χ1v) is 10.8. The summed E-state index contributed by atoms with van der Waals surface area (Å²) in [5.41, 5.74) is -1.02. The van der Waals surface area contributed by atoms with Crippen molar-refractivity contribution in [2.45, 2.75) is 55.8 Å². The zero-order chi connectivity index (χ0) is 23.4. The molecule has 1 aliphatic heterocycles. The number of phosphoric ester groups is 1. The monoisotopic (exact) mass is 463 g/mol. The summed E-state index contributed by atoms with van der Waals surface area (Å²) in [5, 5.41) is 42.0. The summed E-state index contributed by atoms with van der Waals surface area (Å²) in [5.74, 6) is -2.11. The number of ether oxygens (including phenoxy) is 1. The highest BCUT2D eigenvalue weighted by Gasteiger charge is 2.45. The quantitative estimate of drug-likeness (QED) is 0.211. The molecule has 13 heteroatoms. The maximum absolute atomic E-state index is 12.5. The lowest BCUT2D eigenvalue weighted by Gasteiger charge is -2.40. The minimum absolute atomic E-state index is 0.0247. The molecule has 0 aromatic heterocycles. The second kappa shape index (κ2) is 10.2. The normalized spacial score (nSPS) is 28.5. The van der Waals surface area contributed by atoms with E-state index in [-0.39, 0.29) is 6.42 Å². The Morgan fingerprint density at radius 3 is 2.23 bits per heavy atom. The summed E-state index contributed by atoms with van der Waals surface area (Å²) in [6.07, 6.45) is -8.68. The average molecular weight is 463 g/mol. The molecule has 2 rings (SSSR count). The average Bonchev–Trinajstić information content (AvgIpc) is 2.67. The number of phosphoric acid groups is 1. The molecule has 6 atom stereocenters. The number of amides is 1. The van der Waals surface area contributed by atoms with E-state index in [0.717, 1.165) is 0 Å². The predicted octanol–water partition coefficient (Wildman–Crippen LogP) is -1.46. The van der Waals surface area contributed by atoms with E-state index < -0.39 is 68.8 Å². The number of carbonyl (C=O) groups is 2. The van der Waals surface area contributed by atoms with Crippen LogP contribution in [0.25, 0.3) is 0 Å². The van der Waals surface area contributed by atoms with Gasteiger partial charge in [0.05, 0.1) is 19.1 Å². The fraction of sp³-hybridized carbons (Fsp3) is 0.556. The van der Waals surface area contributed by atoms with Crippen molar-refractivity contribution >= 4 is 19.7 Å². The summed E-state index contributed by atoms with van der Waals surface area (Å²) in [4.78, 5) is 41.9. The third-order valence-corrected chi connectivity index (χ3v) is 5.38. The van der Waals surface area contributed by atoms with Crippen LogP contribution >= 0.6 is 7.82 Å². The Kier molecular flexibility index (Phi) is 8.31. The van der Waals surface area contributed by atoms with E-state index in [1.807, 2.05) is 0 Å². The molecule has 0 saturated carbocycles. The largest absolute Gasteiger partial charge is 0.480 e. The van der Waals surface area contributed by atoms with Gasteiger partial charge in [-0.3, -0.25) is 9.32 Å². The summed E-state index contributed by atoms with van der Waals surface area (Å²) in [6.45, 7) is 0.502. The summed E-state index contributed by atoms with van der Waals surface area (Å²) in [6, 6.07) is 8.60. The maximum Gasteiger partial charge on any atom is 0.469 e. The van der Waals surface area contributed by atoms with Crippen LogP contribution in [0.5, 0.6) is 0 Å². The molecule has 1 aromatic rings. The van der Waals surface area contributed by atoms with Crippen molar-refractivity contribution in [1.82, 2.24) is 5.32 Å². The van der Waals surface area contributed by atoms with Crippen LogP contribution in [0.3, 0.4) is 0 Å². The minimum Gasteiger partial charge on any atom is -0.480 e. The fourth-order valence-corrected chi connectivity index (χ4v) is 3.56. The van der Waals surface area contributed by atoms with E-state index in [2.05, 4.69) is 9.84 Å². The fourth-order valence-electron chi connectivity index (χ4n) is 3.22. The number of rotatable bonds is 9. The highest BCUT2D eigenvalue weighted by molar-refractivity contribution is 7.46. The molecule has 1 saturated heterocycles. The molecule has 1 aromatic carbocycles. The van der Waals surface area contributed by atoms with Crippen LogP contribution in [0.2, 0.25) is 0 Å². The van der Waals surface area contributed by atoms with Gasteiger partial charge in [0.2, 0.25) is 5.91 Å². The van der Waals surface area contributed by atoms with Gasteiger partial charge in [-0.2, -0.15) is 0 Å². The lowest BCUT2D eigenvalue weighted by Crippen LogP contribution is -2.60. The first kappa shape index (κ1) is 25.4. The molecular weight excluding hydrogens is 437 g/mol. The van der Waals surface area contributed by atoms with Gasteiger partial charge in [0.1, 0.15) is 30.0 Å². The molecule has 1 aliphatic rings. The van der Waals surface area contributed by atoms with Gasteiger partial charge in [0.25, 0.3) is 0 Å². The summed E-state index contributed by atoms with van der Waals surface area (Å²) in [7, 11) is -4.89. The standard InChI is InChI=1S/C18H26NO11P/c1-18(17(24)25,8-10-5-3-2-4-6-10)19-13(20)7-11-14(21)16(23)15(22)12(30-11)9-29-31(26,27)28/h2-6,11-12,14-16,21-23H,7-9H2,1H3,(H,19,20)(H,24,25)(H2,26,27,28). The van der Waals surface area contributed by atoms with Crippen molar-refractivity contribution in [3.05, 3.63) is 35.9 Å². The number of carboxylic acids is 1. The molecule has 0 bridgehead atoms. The highest BCUT2D eigenvalue weighted by Crippen LogP contribution is 2.37. The third kappa shape index (κ3) is 7.06. The van der Waals surface area contributed by atoms with Crippen LogP contribution < -0.4 is 5.32 Å². The lowest BCUT2D eigenvalue weighted by molar-refractivity contribution is -0.228. The topological polar surface area (TPSA) is 203 Å². The molecule has 7 N–H and O–H groups in total. The molecule has 1 fully saturated rings. The number of hydrogen-bond donors (Lipinski definition) is 7. The van der Waals surface area contributed by atoms with Gasteiger partial charge in [0, 0.05) is 6.42 Å². The Labute approximate surface area is 177 Å². The van der Waals surface area contributed by atoms with Crippen LogP contribution in [0, 0.1) is 0 Å². The molecule has 0 radical (unpaired) electrons. The van der Waals surface area contributed by atoms with Crippen LogP contribution in [0.4, 0.5) is 0 Å². The first-order valence-electron chi connectivity index (χ1n) is 9.30. The smallest absolute Gasteiger partial charge is 0.469 e. The Morgan fingerprint density at radius 2 is 1.68 bits per heavy atom. The van der Waals surface area contributed by atoms with Gasteiger partial charge in [-0.15, -0.1) is 0 Å². The Morgan fingerprint density at radius 1 is 1.10 bits per heavy atom. The van der Waals surface area contributed by atoms with Crippen LogP contribution in [-0.4, -0.2) is 84.8 Å². The van der Waals surface area contributed by atoms with E-state index in [0.29, 0.717) is 5.56 Å². The number of hydrogen-bond acceptors (Lipinski definition) is 8. The van der Waals surface area contributed by atoms with Gasteiger partial charge < -0.3 is 40.3 Å². The van der Waals surface area contributed by atoms with Crippen molar-refractivity contribution < 1.29 is 53.6 Å². The SMILES string of the molecule is CC(Cc1ccccc1)(NC(=O)CC1OC(COP(=O)(O)O)C(O)C(O)C1O)C(=O)O. The van der Waals surface area contributed by atoms with Gasteiger partial charge in [0.15, 0.2) is 0 Å². The number of carboxylic acid groups (broad SMARTS) is 1. The number of nitrogens with one attached hydrogen (secondary N) is 1. The number of carbonyl (C=O) groups excluding carboxylic acids is 1. The second-order valence-electron chi connectivity index (χ2n) is 7.52. The minimum atomic E-state index is -4.89. The van der Waals surface area contributed by atoms with Gasteiger partial charge in [-0.05, 0) is 12.5 Å². The highest BCUT2D eigenvalue weighted by atomic mass is 31.2. The van der Waals surface area contributed by atoms with Crippen molar-refractivity contribution in [2.24, 2.45) is 0 Å². The molecule has 1 amide bonds. The first-order chi connectivity index (χ1) is 14.3. The molecule has 174 valence electrons. The number of aliphatic carboxylic acids is 1. The molecule has 0 spiro atoms. The van der Waals surface area contributed by atoms with Crippen LogP contribution in [0.1, 0.15) is 18.9 Å². The Balaban J connectivity index is 2.07. The number of benzene rings is 1. The number of aliphatic hydroxyl groups excluding tert-OH is 3. The maximum atomic E-state index is 12.5. The molecule has 12 nitrogen and oxygen atoms in total. The van der Waals surface area contributed by atoms with Crippen LogP contribution in [0.15, 0.2) is 30.3 Å². The second-order valence-corrected chi connectivity index (χ2v) is 8.76. The van der Waals surface area contributed by atoms with Gasteiger partial charge >= 0.3 is 13.8 Å². The summed E-state index contributed by atoms with van der Waals surface area (Å²) >= 11 is 0. The molecular formula is C18H26NO11P. The third-order valence-electron chi connectivity index (χ3n) is 4.89. The van der Waals surface area contributed by atoms with Crippen molar-refractivity contribution in [3.63, 3.8) is 0 Å². The summed E-state index contributed by atoms with van der Waals surface area (Å²) < 4.78 is 20.4. The molecule has 0 aliphatic carbocycles. The van der Waals surface area contributed by atoms with Crippen molar-refractivity contribution in [1.29, 1.82) is 0 Å². The molecule has 6 unspecified atom stereocenters. The van der Waals surface area contributed by atoms with Gasteiger partial charge in [-0.25, -0.2) is 9.36 Å². The zero-order valence-corrected chi connectivity index (χ0v) is 17.5. The lowest BCUT2D eigenvalue weighted by atomic mass is 9.91. The Hall–Kier alpha value is -1.89. The van der Waals surface area contributed by atoms with Crippen molar-refractivity contribution in [3.8, 4) is 0 Å². The van der Waals surface area contributed by atoms with Crippen LogP contribution in [-0.2, 0) is 29.8 Å². The molecule has 1 heterocycles. The number of aliphatic hydroxyl groups is 3. The van der Waals surface area contributed by atoms with E-state index in [1.165, 1.54) is 6.92 Å². The predicted molar refractivity (Wildman–Crippen MR) is 104 cm³/mol. The van der Waals surface area contributed by atoms with E-state index in [4.69, 9.17) is 14.5 Å². The van der Waals surface area contributed by atoms with Gasteiger partial charge in [-0.1, -0.05) is 30.3 Å². The van der Waals surface area contributed by atoms with Crippen molar-refractivity contribution in [2.75, 3.05) is 6.61 Å². The van der Waals surface area contributed by atoms with E-state index >= 15 is 0 Å². The van der Waals surface area contributed by atoms with E-state index in [9.17, 15) is 34.6 Å². The van der Waals surface area contributed by atoms with E-state index in [1.54, 1.807) is 30.3 Å². The zero-order valence-electron chi connectivity index (χ0n) is 16.6. The molecule has 31 heavy (non-hydrogen) atoms. The Bertz CT molecular complexity index is 816.